The average Bonchev–Trinajstić information content (AvgIpc) is 4.24. The molecule has 0 saturated heterocycles. The van der Waals surface area contributed by atoms with Gasteiger partial charge in [-0.15, -0.1) is 47.6 Å². The molecule has 2 aliphatic rings. The molecular weight excluding hydrogens is 1030 g/mol. The summed E-state index contributed by atoms with van der Waals surface area (Å²) in [5.74, 6) is 1.67. The van der Waals surface area contributed by atoms with Crippen molar-refractivity contribution in [3.8, 4) is 0 Å². The summed E-state index contributed by atoms with van der Waals surface area (Å²) in [4.78, 5) is 41.4. The Balaban J connectivity index is 0.000000227. The maximum atomic E-state index is 11.7. The van der Waals surface area contributed by atoms with Crippen LogP contribution in [0.2, 0.25) is 0 Å². The van der Waals surface area contributed by atoms with Crippen LogP contribution < -0.4 is 5.73 Å². The van der Waals surface area contributed by atoms with Crippen molar-refractivity contribution in [1.82, 2.24) is 0 Å². The summed E-state index contributed by atoms with van der Waals surface area (Å²) < 4.78 is 70.2. The minimum atomic E-state index is -3.47. The molecule has 0 aliphatic heterocycles. The quantitative estimate of drug-likeness (QED) is 0.0177. The number of nitrogen functional groups attached to an aromatic ring is 1. The first-order valence-electron chi connectivity index (χ1n) is 20.0. The lowest BCUT2D eigenvalue weighted by atomic mass is 10.3. The van der Waals surface area contributed by atoms with E-state index in [2.05, 4.69) is 12.6 Å². The number of thioether (sulfide) groups is 1. The monoisotopic (exact) mass is 1070 g/mol. The number of nitro groups is 4. The molecule has 19 nitrogen and oxygen atoms in total. The zero-order chi connectivity index (χ0) is 50.7. The number of anilines is 1. The van der Waals surface area contributed by atoms with Gasteiger partial charge in [-0.3, -0.25) is 40.5 Å². The fraction of sp³-hybridized carbons (Fsp3) is 0.286. The van der Waals surface area contributed by atoms with Crippen molar-refractivity contribution < 1.29 is 44.9 Å². The molecule has 0 spiro atoms. The summed E-state index contributed by atoms with van der Waals surface area (Å²) in [7, 11) is -9.86. The van der Waals surface area contributed by atoms with E-state index in [1.165, 1.54) is 60.7 Å². The normalized spacial score (nSPS) is 13.0. The summed E-state index contributed by atoms with van der Waals surface area (Å²) in [6.45, 7) is 0. The molecule has 68 heavy (non-hydrogen) atoms. The van der Waals surface area contributed by atoms with Gasteiger partial charge in [0.1, 0.15) is 0 Å². The molecule has 0 heterocycles. The van der Waals surface area contributed by atoms with Crippen LogP contribution in [-0.4, -0.2) is 78.7 Å². The molecule has 5 aromatic carbocycles. The van der Waals surface area contributed by atoms with Crippen LogP contribution in [-0.2, 0) is 29.5 Å². The van der Waals surface area contributed by atoms with Crippen molar-refractivity contribution >= 4 is 106 Å². The molecule has 0 unspecified atom stereocenters. The number of thiol groups is 1. The van der Waals surface area contributed by atoms with E-state index in [1.54, 1.807) is 54.2 Å². The van der Waals surface area contributed by atoms with Gasteiger partial charge in [-0.2, -0.15) is 0 Å². The van der Waals surface area contributed by atoms with Gasteiger partial charge in [0.25, 0.3) is 22.7 Å². The number of hydrogen-bond acceptors (Lipinski definition) is 17. The maximum Gasteiger partial charge on any atom is 0.270 e. The highest BCUT2D eigenvalue weighted by atomic mass is 35.5. The Kier molecular flexibility index (Phi) is 22.6. The zero-order valence-corrected chi connectivity index (χ0v) is 41.4. The van der Waals surface area contributed by atoms with Gasteiger partial charge in [0.2, 0.25) is 0 Å². The molecule has 366 valence electrons. The Bertz CT molecular complexity index is 2890. The summed E-state index contributed by atoms with van der Waals surface area (Å²) in [6, 6.07) is 29.4. The van der Waals surface area contributed by atoms with E-state index in [1.807, 2.05) is 6.07 Å². The Morgan fingerprint density at radius 1 is 0.544 bits per heavy atom. The molecule has 0 radical (unpaired) electrons. The van der Waals surface area contributed by atoms with Crippen molar-refractivity contribution in [2.24, 2.45) is 0 Å². The van der Waals surface area contributed by atoms with Crippen molar-refractivity contribution in [3.63, 3.8) is 0 Å². The molecule has 2 saturated carbocycles. The van der Waals surface area contributed by atoms with Gasteiger partial charge in [0.15, 0.2) is 29.5 Å². The van der Waals surface area contributed by atoms with Crippen LogP contribution in [0.1, 0.15) is 38.5 Å². The first-order chi connectivity index (χ1) is 32.0. The third-order valence-corrected chi connectivity index (χ3v) is 17.2. The minimum absolute atomic E-state index is 0.0354. The van der Waals surface area contributed by atoms with Gasteiger partial charge in [0.05, 0.1) is 50.6 Å². The summed E-state index contributed by atoms with van der Waals surface area (Å²) in [5, 5.41) is 41.1. The lowest BCUT2D eigenvalue weighted by molar-refractivity contribution is -0.385. The highest BCUT2D eigenvalue weighted by Crippen LogP contribution is 2.35. The number of nitrogens with two attached hydrogens (primary N) is 1. The van der Waals surface area contributed by atoms with Gasteiger partial charge in [-0.25, -0.2) is 25.3 Å². The number of alkyl halides is 2. The number of halogens is 2. The summed E-state index contributed by atoms with van der Waals surface area (Å²) in [6.07, 6.45) is 4.13. The standard InChI is InChI=1S/C9H10ClNO4S.C9H10ClNO2S.C9H9NO4S.C9H11NO2S.C6H5NO2S/c10-5-2-6-16(14,15)9-4-1-3-8(7-9)11(12)13;10-5-2-6-14-9-4-1-3-8(7-9)11(12)13;11-10(12)7-2-1-3-9(6-7)15(13,14)8-4-5-8;10-7-2-1-3-9(6-7)13(11,12)8-4-5-8;8-7(9)5-2-1-3-6(10)4-5/h1,3-4,7H,2,5-6H2;1,3-4,7H,2,5-6H2;1-3,6,8H,4-5H2;1-3,6,8H,4-5,10H2;1-4,10H. The highest BCUT2D eigenvalue weighted by Gasteiger charge is 2.38. The zero-order valence-electron chi connectivity index (χ0n) is 35.7. The Morgan fingerprint density at radius 2 is 0.941 bits per heavy atom. The Labute approximate surface area is 412 Å². The number of hydrogen-bond donors (Lipinski definition) is 2. The summed E-state index contributed by atoms with van der Waals surface area (Å²) in [5.41, 5.74) is 5.82. The van der Waals surface area contributed by atoms with Gasteiger partial charge in [0, 0.05) is 75.8 Å². The number of nitro benzene ring substituents is 4. The van der Waals surface area contributed by atoms with Crippen molar-refractivity contribution in [2.45, 2.75) is 73.5 Å². The van der Waals surface area contributed by atoms with E-state index >= 15 is 0 Å². The van der Waals surface area contributed by atoms with Crippen LogP contribution in [0.4, 0.5) is 28.4 Å². The van der Waals surface area contributed by atoms with E-state index in [0.29, 0.717) is 40.6 Å². The number of benzene rings is 5. The van der Waals surface area contributed by atoms with Crippen LogP contribution >= 0.6 is 47.6 Å². The first kappa shape index (κ1) is 57.0. The average molecular weight is 1080 g/mol. The fourth-order valence-electron chi connectivity index (χ4n) is 5.30. The van der Waals surface area contributed by atoms with Crippen molar-refractivity contribution in [3.05, 3.63) is 162 Å². The lowest BCUT2D eigenvalue weighted by Gasteiger charge is -2.02. The molecule has 26 heteroatoms. The van der Waals surface area contributed by atoms with E-state index in [-0.39, 0.29) is 59.6 Å². The molecule has 2 N–H and O–H groups in total. The molecule has 2 aliphatic carbocycles. The molecule has 5 aromatic rings. The molecule has 0 aromatic heterocycles. The Morgan fingerprint density at radius 3 is 1.37 bits per heavy atom. The predicted octanol–water partition coefficient (Wildman–Crippen LogP) is 9.93. The van der Waals surface area contributed by atoms with Gasteiger partial charge in [-0.05, 0) is 86.7 Å². The van der Waals surface area contributed by atoms with Crippen LogP contribution in [0.25, 0.3) is 0 Å². The third kappa shape index (κ3) is 19.0. The van der Waals surface area contributed by atoms with Gasteiger partial charge < -0.3 is 5.73 Å². The molecule has 0 atom stereocenters. The second-order valence-corrected chi connectivity index (χ2v) is 23.4. The van der Waals surface area contributed by atoms with Crippen LogP contribution in [0.3, 0.4) is 0 Å². The fourth-order valence-corrected chi connectivity index (χ4v) is 11.8. The molecule has 0 amide bonds. The number of nitrogens with zero attached hydrogens (tertiary/aromatic N) is 4. The minimum Gasteiger partial charge on any atom is -0.399 e. The number of rotatable bonds is 16. The number of sulfone groups is 3. The van der Waals surface area contributed by atoms with Crippen LogP contribution in [0.15, 0.2) is 146 Å². The van der Waals surface area contributed by atoms with Crippen LogP contribution in [0, 0.1) is 40.5 Å². The second-order valence-electron chi connectivity index (χ2n) is 14.4. The molecule has 0 bridgehead atoms. The predicted molar refractivity (Wildman–Crippen MR) is 264 cm³/mol. The summed E-state index contributed by atoms with van der Waals surface area (Å²) >= 11 is 16.5. The lowest BCUT2D eigenvalue weighted by Crippen LogP contribution is -2.07. The van der Waals surface area contributed by atoms with E-state index in [4.69, 9.17) is 28.9 Å². The smallest absolute Gasteiger partial charge is 0.270 e. The SMILES string of the molecule is Nc1cccc(S(=O)(=O)C2CC2)c1.O=[N+]([O-])c1cccc(S(=O)(=O)C2CC2)c1.O=[N+]([O-])c1cccc(S(=O)(=O)CCCCl)c1.O=[N+]([O-])c1cccc(S)c1.O=[N+]([O-])c1cccc(SCCCCl)c1. The molecular formula is C42H45Cl2N5O14S5. The second kappa shape index (κ2) is 27.0. The Hall–Kier alpha value is -5.37. The third-order valence-electron chi connectivity index (χ3n) is 9.02. The van der Waals surface area contributed by atoms with Crippen molar-refractivity contribution in [1.29, 1.82) is 0 Å². The first-order valence-corrected chi connectivity index (χ1v) is 27.3. The largest absolute Gasteiger partial charge is 0.399 e. The highest BCUT2D eigenvalue weighted by molar-refractivity contribution is 7.99. The van der Waals surface area contributed by atoms with E-state index in [9.17, 15) is 65.7 Å². The molecule has 2 fully saturated rings. The topological polar surface area (TPSA) is 301 Å². The van der Waals surface area contributed by atoms with Crippen LogP contribution in [0.5, 0.6) is 0 Å². The van der Waals surface area contributed by atoms with E-state index in [0.717, 1.165) is 42.0 Å². The van der Waals surface area contributed by atoms with Gasteiger partial charge in [-0.1, -0.05) is 30.3 Å². The molecule has 7 rings (SSSR count). The van der Waals surface area contributed by atoms with E-state index < -0.39 is 44.3 Å². The van der Waals surface area contributed by atoms with Crippen molar-refractivity contribution in [2.75, 3.05) is 29.0 Å². The number of non-ortho nitro benzene ring substituents is 4. The maximum absolute atomic E-state index is 11.7. The van der Waals surface area contributed by atoms with Gasteiger partial charge >= 0.3 is 0 Å².